The van der Waals surface area contributed by atoms with Crippen LogP contribution in [0.3, 0.4) is 0 Å². The number of piperazine rings is 1. The highest BCUT2D eigenvalue weighted by Gasteiger charge is 2.25. The second-order valence-electron chi connectivity index (χ2n) is 6.47. The van der Waals surface area contributed by atoms with Crippen molar-refractivity contribution < 1.29 is 9.53 Å². The molecule has 7 heteroatoms. The van der Waals surface area contributed by atoms with Crippen LogP contribution in [0.25, 0.3) is 0 Å². The van der Waals surface area contributed by atoms with Gasteiger partial charge in [-0.05, 0) is 47.6 Å². The molecule has 0 saturated carbocycles. The molecule has 1 aromatic heterocycles. The number of rotatable bonds is 6. The Hall–Kier alpha value is -1.60. The molecule has 1 saturated heterocycles. The zero-order valence-electron chi connectivity index (χ0n) is 15.1. The standard InChI is InChI=1S/C19H24ClN3O2S/c1-22-6-8-23(9-7-22)17(14-5-10-26-13-14)12-21-19(24)16-11-15(20)3-4-18(16)25-2/h3-5,10-11,13,17H,6-9,12H2,1-2H3,(H,21,24). The van der Waals surface area contributed by atoms with Crippen LogP contribution in [-0.4, -0.2) is 62.6 Å². The van der Waals surface area contributed by atoms with E-state index in [1.165, 1.54) is 5.56 Å². The molecule has 2 aromatic rings. The Kier molecular flexibility index (Phi) is 6.53. The molecule has 1 atom stereocenters. The van der Waals surface area contributed by atoms with Crippen molar-refractivity contribution in [2.45, 2.75) is 6.04 Å². The van der Waals surface area contributed by atoms with Crippen molar-refractivity contribution in [3.8, 4) is 5.75 Å². The Morgan fingerprint density at radius 1 is 1.31 bits per heavy atom. The molecule has 0 aliphatic carbocycles. The average molecular weight is 394 g/mol. The predicted molar refractivity (Wildman–Crippen MR) is 106 cm³/mol. The molecule has 3 rings (SSSR count). The molecular formula is C19H24ClN3O2S. The van der Waals surface area contributed by atoms with E-state index in [2.05, 4.69) is 39.0 Å². The maximum atomic E-state index is 12.7. The molecule has 2 heterocycles. The van der Waals surface area contributed by atoms with Crippen LogP contribution in [0.5, 0.6) is 5.75 Å². The van der Waals surface area contributed by atoms with Crippen LogP contribution >= 0.6 is 22.9 Å². The summed E-state index contributed by atoms with van der Waals surface area (Å²) in [5.74, 6) is 0.359. The summed E-state index contributed by atoms with van der Waals surface area (Å²) in [6, 6.07) is 7.39. The fourth-order valence-corrected chi connectivity index (χ4v) is 4.08. The minimum absolute atomic E-state index is 0.168. The first-order chi connectivity index (χ1) is 12.6. The molecule has 5 nitrogen and oxygen atoms in total. The predicted octanol–water partition coefficient (Wildman–Crippen LogP) is 3.13. The zero-order valence-corrected chi connectivity index (χ0v) is 16.6. The van der Waals surface area contributed by atoms with E-state index in [1.54, 1.807) is 36.6 Å². The molecule has 1 amide bonds. The van der Waals surface area contributed by atoms with Crippen molar-refractivity contribution in [2.75, 3.05) is 46.9 Å². The van der Waals surface area contributed by atoms with E-state index in [0.717, 1.165) is 26.2 Å². The average Bonchev–Trinajstić information content (AvgIpc) is 3.17. The summed E-state index contributed by atoms with van der Waals surface area (Å²) in [5.41, 5.74) is 1.71. The third-order valence-electron chi connectivity index (χ3n) is 4.77. The van der Waals surface area contributed by atoms with Gasteiger partial charge < -0.3 is 15.0 Å². The van der Waals surface area contributed by atoms with Crippen molar-refractivity contribution in [3.05, 3.63) is 51.2 Å². The number of ether oxygens (including phenoxy) is 1. The van der Waals surface area contributed by atoms with Gasteiger partial charge in [-0.15, -0.1) is 0 Å². The Labute approximate surface area is 163 Å². The number of halogens is 1. The number of amides is 1. The van der Waals surface area contributed by atoms with Crippen molar-refractivity contribution in [3.63, 3.8) is 0 Å². The largest absolute Gasteiger partial charge is 0.496 e. The van der Waals surface area contributed by atoms with Gasteiger partial charge in [-0.2, -0.15) is 11.3 Å². The second-order valence-corrected chi connectivity index (χ2v) is 7.68. The van der Waals surface area contributed by atoms with E-state index < -0.39 is 0 Å². The molecule has 1 aromatic carbocycles. The third kappa shape index (κ3) is 4.57. The molecule has 0 spiro atoms. The van der Waals surface area contributed by atoms with E-state index in [1.807, 2.05) is 0 Å². The van der Waals surface area contributed by atoms with Gasteiger partial charge in [0.15, 0.2) is 0 Å². The number of nitrogens with zero attached hydrogens (tertiary/aromatic N) is 2. The molecule has 0 radical (unpaired) electrons. The lowest BCUT2D eigenvalue weighted by Crippen LogP contribution is -2.48. The first-order valence-electron chi connectivity index (χ1n) is 8.65. The van der Waals surface area contributed by atoms with Crippen molar-refractivity contribution in [1.29, 1.82) is 0 Å². The summed E-state index contributed by atoms with van der Waals surface area (Å²) in [7, 11) is 3.70. The van der Waals surface area contributed by atoms with E-state index in [0.29, 0.717) is 22.9 Å². The SMILES string of the molecule is COc1ccc(Cl)cc1C(=O)NCC(c1ccsc1)N1CCN(C)CC1. The van der Waals surface area contributed by atoms with E-state index in [-0.39, 0.29) is 11.9 Å². The van der Waals surface area contributed by atoms with Gasteiger partial charge in [0.05, 0.1) is 18.7 Å². The minimum atomic E-state index is -0.168. The number of likely N-dealkylation sites (N-methyl/N-ethyl adjacent to an activating group) is 1. The van der Waals surface area contributed by atoms with Gasteiger partial charge in [0.25, 0.3) is 5.91 Å². The van der Waals surface area contributed by atoms with Crippen LogP contribution in [-0.2, 0) is 0 Å². The Morgan fingerprint density at radius 3 is 2.73 bits per heavy atom. The number of carbonyl (C=O) groups is 1. The zero-order chi connectivity index (χ0) is 18.5. The maximum absolute atomic E-state index is 12.7. The summed E-state index contributed by atoms with van der Waals surface area (Å²) in [5, 5.41) is 7.83. The first kappa shape index (κ1) is 19.2. The highest BCUT2D eigenvalue weighted by molar-refractivity contribution is 7.07. The summed E-state index contributed by atoms with van der Waals surface area (Å²) in [6.45, 7) is 4.61. The molecule has 1 aliphatic heterocycles. The summed E-state index contributed by atoms with van der Waals surface area (Å²) in [6.07, 6.45) is 0. The van der Waals surface area contributed by atoms with Gasteiger partial charge in [-0.3, -0.25) is 9.69 Å². The number of hydrogen-bond donors (Lipinski definition) is 1. The molecule has 140 valence electrons. The number of benzene rings is 1. The van der Waals surface area contributed by atoms with Gasteiger partial charge in [0.2, 0.25) is 0 Å². The molecule has 26 heavy (non-hydrogen) atoms. The fourth-order valence-electron chi connectivity index (χ4n) is 3.20. The van der Waals surface area contributed by atoms with Crippen LogP contribution in [0.4, 0.5) is 0 Å². The van der Waals surface area contributed by atoms with E-state index in [4.69, 9.17) is 16.3 Å². The molecule has 0 bridgehead atoms. The number of carbonyl (C=O) groups excluding carboxylic acids is 1. The fraction of sp³-hybridized carbons (Fsp3) is 0.421. The second kappa shape index (κ2) is 8.86. The lowest BCUT2D eigenvalue weighted by atomic mass is 10.1. The van der Waals surface area contributed by atoms with Crippen molar-refractivity contribution in [2.24, 2.45) is 0 Å². The van der Waals surface area contributed by atoms with Crippen LogP contribution in [0.1, 0.15) is 22.0 Å². The van der Waals surface area contributed by atoms with Gasteiger partial charge in [0, 0.05) is 37.7 Å². The Balaban J connectivity index is 1.72. The molecular weight excluding hydrogens is 370 g/mol. The normalized spacial score (nSPS) is 17.0. The lowest BCUT2D eigenvalue weighted by molar-refractivity contribution is 0.0884. The number of nitrogens with one attached hydrogen (secondary N) is 1. The Bertz CT molecular complexity index is 730. The third-order valence-corrected chi connectivity index (χ3v) is 5.71. The van der Waals surface area contributed by atoms with Gasteiger partial charge in [-0.25, -0.2) is 0 Å². The minimum Gasteiger partial charge on any atom is -0.496 e. The highest BCUT2D eigenvalue weighted by atomic mass is 35.5. The van der Waals surface area contributed by atoms with Crippen LogP contribution in [0.15, 0.2) is 35.0 Å². The number of methoxy groups -OCH3 is 1. The molecule has 1 unspecified atom stereocenters. The summed E-state index contributed by atoms with van der Waals surface area (Å²) < 4.78 is 5.29. The molecule has 1 N–H and O–H groups in total. The first-order valence-corrected chi connectivity index (χ1v) is 9.97. The van der Waals surface area contributed by atoms with Gasteiger partial charge in [0.1, 0.15) is 5.75 Å². The summed E-state index contributed by atoms with van der Waals surface area (Å²) >= 11 is 7.73. The maximum Gasteiger partial charge on any atom is 0.255 e. The number of hydrogen-bond acceptors (Lipinski definition) is 5. The topological polar surface area (TPSA) is 44.8 Å². The van der Waals surface area contributed by atoms with Crippen LogP contribution in [0.2, 0.25) is 5.02 Å². The van der Waals surface area contributed by atoms with Gasteiger partial charge >= 0.3 is 0 Å². The van der Waals surface area contributed by atoms with Crippen molar-refractivity contribution in [1.82, 2.24) is 15.1 Å². The van der Waals surface area contributed by atoms with Crippen LogP contribution < -0.4 is 10.1 Å². The smallest absolute Gasteiger partial charge is 0.255 e. The van der Waals surface area contributed by atoms with Gasteiger partial charge in [-0.1, -0.05) is 11.6 Å². The van der Waals surface area contributed by atoms with E-state index in [9.17, 15) is 4.79 Å². The Morgan fingerprint density at radius 2 is 2.08 bits per heavy atom. The molecule has 1 fully saturated rings. The van der Waals surface area contributed by atoms with Crippen LogP contribution in [0, 0.1) is 0 Å². The monoisotopic (exact) mass is 393 g/mol. The lowest BCUT2D eigenvalue weighted by Gasteiger charge is -2.38. The summed E-state index contributed by atoms with van der Waals surface area (Å²) in [4.78, 5) is 17.5. The number of thiophene rings is 1. The molecule has 1 aliphatic rings. The quantitative estimate of drug-likeness (QED) is 0.819. The highest BCUT2D eigenvalue weighted by Crippen LogP contribution is 2.25. The van der Waals surface area contributed by atoms with E-state index >= 15 is 0 Å². The van der Waals surface area contributed by atoms with Crippen molar-refractivity contribution >= 4 is 28.8 Å².